The summed E-state index contributed by atoms with van der Waals surface area (Å²) in [6.45, 7) is 1.06. The number of halogens is 1. The number of aromatic amines is 1. The van der Waals surface area contributed by atoms with Crippen LogP contribution in [-0.4, -0.2) is 23.2 Å². The molecule has 3 heterocycles. The van der Waals surface area contributed by atoms with Crippen LogP contribution in [-0.2, 0) is 0 Å². The fourth-order valence-corrected chi connectivity index (χ4v) is 3.64. The van der Waals surface area contributed by atoms with E-state index < -0.39 is 0 Å². The number of H-pyrrole nitrogens is 1. The lowest BCUT2D eigenvalue weighted by molar-refractivity contribution is 0.171. The molecule has 148 valence electrons. The highest BCUT2D eigenvalue weighted by Gasteiger charge is 2.12. The predicted molar refractivity (Wildman–Crippen MR) is 116 cm³/mol. The van der Waals surface area contributed by atoms with Crippen LogP contribution in [0.25, 0.3) is 10.9 Å². The summed E-state index contributed by atoms with van der Waals surface area (Å²) >= 11 is 6.36. The van der Waals surface area contributed by atoms with Gasteiger partial charge in [0, 0.05) is 46.3 Å². The summed E-state index contributed by atoms with van der Waals surface area (Å²) in [5, 5.41) is 17.5. The lowest BCUT2D eigenvalue weighted by atomic mass is 10.2. The summed E-state index contributed by atoms with van der Waals surface area (Å²) in [7, 11) is 0. The number of anilines is 4. The fourth-order valence-electron chi connectivity index (χ4n) is 3.35. The van der Waals surface area contributed by atoms with Crippen LogP contribution in [0.2, 0.25) is 5.02 Å². The Labute approximate surface area is 177 Å². The molecule has 4 aromatic rings. The van der Waals surface area contributed by atoms with Crippen molar-refractivity contribution >= 4 is 45.4 Å². The first-order chi connectivity index (χ1) is 14.7. The van der Waals surface area contributed by atoms with Gasteiger partial charge in [-0.1, -0.05) is 11.6 Å². The highest BCUT2D eigenvalue weighted by atomic mass is 35.5. The van der Waals surface area contributed by atoms with Crippen LogP contribution >= 0.6 is 11.6 Å². The number of ether oxygens (including phenoxy) is 2. The molecule has 1 aliphatic heterocycles. The molecule has 3 N–H and O–H groups in total. The minimum Gasteiger partial charge on any atom is -0.486 e. The summed E-state index contributed by atoms with van der Waals surface area (Å²) in [5.41, 5.74) is 3.50. The van der Waals surface area contributed by atoms with Crippen LogP contribution < -0.4 is 20.1 Å². The van der Waals surface area contributed by atoms with Crippen LogP contribution in [0.15, 0.2) is 54.7 Å². The zero-order valence-electron chi connectivity index (χ0n) is 15.7. The maximum absolute atomic E-state index is 9.40. The lowest BCUT2D eigenvalue weighted by Crippen LogP contribution is -2.15. The third-order valence-corrected chi connectivity index (χ3v) is 4.97. The Hall–Kier alpha value is -3.89. The first-order valence-corrected chi connectivity index (χ1v) is 9.68. The van der Waals surface area contributed by atoms with Gasteiger partial charge in [-0.2, -0.15) is 5.26 Å². The zero-order valence-corrected chi connectivity index (χ0v) is 16.5. The van der Waals surface area contributed by atoms with Crippen LogP contribution in [0.3, 0.4) is 0 Å². The van der Waals surface area contributed by atoms with Gasteiger partial charge in [0.15, 0.2) is 11.5 Å². The first-order valence-electron chi connectivity index (χ1n) is 9.30. The molecule has 30 heavy (non-hydrogen) atoms. The molecular weight excluding hydrogens is 402 g/mol. The second kappa shape index (κ2) is 7.50. The molecule has 0 unspecified atom stereocenters. The molecule has 7 nitrogen and oxygen atoms in total. The molecule has 5 rings (SSSR count). The smallest absolute Gasteiger partial charge is 0.163 e. The Bertz CT molecular complexity index is 1290. The first kappa shape index (κ1) is 18.2. The number of hydrogen-bond acceptors (Lipinski definition) is 6. The standard InChI is InChI=1S/C22H16ClN5O2/c23-18-8-15(9-19-17(18)3-4-25-19)27-22-11-14(7-16(12-24)28-22)26-13-1-2-20-21(10-13)30-6-5-29-20/h1-4,7-11,25H,5-6H2,(H2,26,27,28). The van der Waals surface area contributed by atoms with Gasteiger partial charge < -0.3 is 25.1 Å². The van der Waals surface area contributed by atoms with Gasteiger partial charge in [-0.3, -0.25) is 0 Å². The third kappa shape index (κ3) is 3.56. The number of rotatable bonds is 4. The molecule has 0 saturated carbocycles. The molecular formula is C22H16ClN5O2. The van der Waals surface area contributed by atoms with Crippen LogP contribution in [0.4, 0.5) is 22.9 Å². The molecule has 2 aromatic heterocycles. The normalized spacial score (nSPS) is 12.4. The molecule has 8 heteroatoms. The molecule has 0 bridgehead atoms. The van der Waals surface area contributed by atoms with E-state index in [9.17, 15) is 5.26 Å². The van der Waals surface area contributed by atoms with Crippen molar-refractivity contribution in [1.29, 1.82) is 5.26 Å². The van der Waals surface area contributed by atoms with Gasteiger partial charge >= 0.3 is 0 Å². The number of aromatic nitrogens is 2. The molecule has 0 fully saturated rings. The van der Waals surface area contributed by atoms with Crippen molar-refractivity contribution in [2.24, 2.45) is 0 Å². The number of benzene rings is 2. The SMILES string of the molecule is N#Cc1cc(Nc2ccc3c(c2)OCCO3)cc(Nc2cc(Cl)c3cc[nH]c3c2)n1. The van der Waals surface area contributed by atoms with Gasteiger partial charge in [-0.15, -0.1) is 0 Å². The third-order valence-electron chi connectivity index (χ3n) is 4.66. The van der Waals surface area contributed by atoms with Crippen molar-refractivity contribution in [3.8, 4) is 17.6 Å². The molecule has 0 aliphatic carbocycles. The topological polar surface area (TPSA) is 95.0 Å². The van der Waals surface area contributed by atoms with Crippen molar-refractivity contribution in [2.45, 2.75) is 0 Å². The average Bonchev–Trinajstić information content (AvgIpc) is 3.23. The van der Waals surface area contributed by atoms with Crippen molar-refractivity contribution in [1.82, 2.24) is 9.97 Å². The van der Waals surface area contributed by atoms with E-state index in [0.717, 1.165) is 28.0 Å². The Morgan fingerprint density at radius 1 is 0.933 bits per heavy atom. The fraction of sp³-hybridized carbons (Fsp3) is 0.0909. The Morgan fingerprint density at radius 3 is 2.63 bits per heavy atom. The van der Waals surface area contributed by atoms with E-state index >= 15 is 0 Å². The number of fused-ring (bicyclic) bond motifs is 2. The molecule has 0 radical (unpaired) electrons. The quantitative estimate of drug-likeness (QED) is 0.414. The number of pyridine rings is 1. The van der Waals surface area contributed by atoms with E-state index in [1.165, 1.54) is 0 Å². The second-order valence-corrected chi connectivity index (χ2v) is 7.15. The number of nitrogens with one attached hydrogen (secondary N) is 3. The van der Waals surface area contributed by atoms with Crippen LogP contribution in [0, 0.1) is 11.3 Å². The van der Waals surface area contributed by atoms with E-state index in [-0.39, 0.29) is 5.69 Å². The summed E-state index contributed by atoms with van der Waals surface area (Å²) in [4.78, 5) is 7.49. The predicted octanol–water partition coefficient (Wildman–Crippen LogP) is 5.35. The van der Waals surface area contributed by atoms with Gasteiger partial charge in [-0.25, -0.2) is 4.98 Å². The Kier molecular flexibility index (Phi) is 4.54. The molecule has 1 aliphatic rings. The number of nitriles is 1. The van der Waals surface area contributed by atoms with Crippen LogP contribution in [0.1, 0.15) is 5.69 Å². The molecule has 0 amide bonds. The highest BCUT2D eigenvalue weighted by Crippen LogP contribution is 2.34. The minimum absolute atomic E-state index is 0.284. The van der Waals surface area contributed by atoms with E-state index in [4.69, 9.17) is 21.1 Å². The molecule has 0 atom stereocenters. The largest absolute Gasteiger partial charge is 0.486 e. The second-order valence-electron chi connectivity index (χ2n) is 6.74. The van der Waals surface area contributed by atoms with Crippen LogP contribution in [0.5, 0.6) is 11.5 Å². The zero-order chi connectivity index (χ0) is 20.5. The Balaban J connectivity index is 1.44. The molecule has 0 saturated heterocycles. The van der Waals surface area contributed by atoms with E-state index in [0.29, 0.717) is 35.5 Å². The van der Waals surface area contributed by atoms with Gasteiger partial charge in [0.25, 0.3) is 0 Å². The summed E-state index contributed by atoms with van der Waals surface area (Å²) in [6, 6.07) is 16.9. The van der Waals surface area contributed by atoms with Gasteiger partial charge in [0.1, 0.15) is 30.8 Å². The van der Waals surface area contributed by atoms with E-state index in [1.54, 1.807) is 6.07 Å². The van der Waals surface area contributed by atoms with E-state index in [2.05, 4.69) is 26.7 Å². The average molecular weight is 418 g/mol. The maximum Gasteiger partial charge on any atom is 0.163 e. The number of hydrogen-bond donors (Lipinski definition) is 3. The summed E-state index contributed by atoms with van der Waals surface area (Å²) in [5.74, 6) is 1.93. The highest BCUT2D eigenvalue weighted by molar-refractivity contribution is 6.35. The minimum atomic E-state index is 0.284. The summed E-state index contributed by atoms with van der Waals surface area (Å²) in [6.07, 6.45) is 1.84. The van der Waals surface area contributed by atoms with Crippen molar-refractivity contribution in [3.63, 3.8) is 0 Å². The lowest BCUT2D eigenvalue weighted by Gasteiger charge is -2.19. The van der Waals surface area contributed by atoms with Crippen molar-refractivity contribution in [3.05, 3.63) is 65.4 Å². The van der Waals surface area contributed by atoms with Gasteiger partial charge in [0.05, 0.1) is 5.02 Å². The van der Waals surface area contributed by atoms with Gasteiger partial charge in [-0.05, 0) is 36.4 Å². The number of nitrogens with zero attached hydrogens (tertiary/aromatic N) is 2. The molecule has 0 spiro atoms. The van der Waals surface area contributed by atoms with Crippen molar-refractivity contribution < 1.29 is 9.47 Å². The maximum atomic E-state index is 9.40. The van der Waals surface area contributed by atoms with Gasteiger partial charge in [0.2, 0.25) is 0 Å². The monoisotopic (exact) mass is 417 g/mol. The Morgan fingerprint density at radius 2 is 1.77 bits per heavy atom. The van der Waals surface area contributed by atoms with E-state index in [1.807, 2.05) is 48.7 Å². The van der Waals surface area contributed by atoms with Crippen molar-refractivity contribution in [2.75, 3.05) is 23.8 Å². The molecule has 2 aromatic carbocycles. The summed E-state index contributed by atoms with van der Waals surface area (Å²) < 4.78 is 11.2.